The third kappa shape index (κ3) is 5.48. The van der Waals surface area contributed by atoms with Crippen LogP contribution in [0.2, 0.25) is 0 Å². The third-order valence-corrected chi connectivity index (χ3v) is 4.66. The van der Waals surface area contributed by atoms with Crippen LogP contribution in [0, 0.1) is 11.8 Å². The predicted octanol–water partition coefficient (Wildman–Crippen LogP) is 4.83. The molecule has 0 fully saturated rings. The van der Waals surface area contributed by atoms with E-state index in [9.17, 15) is 18.4 Å². The second-order valence-electron chi connectivity index (χ2n) is 6.77. The number of anilines is 1. The van der Waals surface area contributed by atoms with E-state index in [2.05, 4.69) is 9.97 Å². The van der Waals surface area contributed by atoms with E-state index in [-0.39, 0.29) is 24.5 Å². The molecule has 3 rings (SSSR count). The average molecular weight is 425 g/mol. The standard InChI is InChI=1S/C23H21F2N3O3/c1-3-31-23(30)28(2)20-9-7-16(12-18(20)24)19-8-6-17(14-26-19)21(29)10-4-15-5-11-22(25)27-13-15/h5-9,11-14H,3-4,10H2,1-2H3. The number of aryl methyl sites for hydroxylation is 1. The van der Waals surface area contributed by atoms with Gasteiger partial charge >= 0.3 is 6.09 Å². The lowest BCUT2D eigenvalue weighted by Crippen LogP contribution is -2.27. The molecule has 0 bridgehead atoms. The van der Waals surface area contributed by atoms with Crippen LogP contribution in [0.25, 0.3) is 11.3 Å². The van der Waals surface area contributed by atoms with E-state index in [1.807, 2.05) is 0 Å². The maximum Gasteiger partial charge on any atom is 0.414 e. The van der Waals surface area contributed by atoms with E-state index in [1.54, 1.807) is 31.2 Å². The van der Waals surface area contributed by atoms with Crippen LogP contribution < -0.4 is 4.90 Å². The number of ether oxygens (including phenoxy) is 1. The summed E-state index contributed by atoms with van der Waals surface area (Å²) >= 11 is 0. The van der Waals surface area contributed by atoms with Crippen LogP contribution in [0.1, 0.15) is 29.3 Å². The number of hydrogen-bond acceptors (Lipinski definition) is 5. The Morgan fingerprint density at radius 2 is 1.84 bits per heavy atom. The number of nitrogens with zero attached hydrogens (tertiary/aromatic N) is 3. The van der Waals surface area contributed by atoms with E-state index in [0.717, 1.165) is 10.5 Å². The molecule has 0 saturated carbocycles. The van der Waals surface area contributed by atoms with Crippen LogP contribution in [0.4, 0.5) is 19.3 Å². The first-order valence-corrected chi connectivity index (χ1v) is 9.69. The molecule has 0 saturated heterocycles. The number of Topliss-reactive ketones (excluding diaryl/α,β-unsaturated/α-hetero) is 1. The maximum absolute atomic E-state index is 14.5. The highest BCUT2D eigenvalue weighted by molar-refractivity contribution is 5.96. The van der Waals surface area contributed by atoms with Crippen molar-refractivity contribution in [2.45, 2.75) is 19.8 Å². The summed E-state index contributed by atoms with van der Waals surface area (Å²) in [5.41, 5.74) is 2.28. The van der Waals surface area contributed by atoms with E-state index >= 15 is 0 Å². The Morgan fingerprint density at radius 3 is 2.45 bits per heavy atom. The van der Waals surface area contributed by atoms with E-state index in [4.69, 9.17) is 4.74 Å². The average Bonchev–Trinajstić information content (AvgIpc) is 2.78. The summed E-state index contributed by atoms with van der Waals surface area (Å²) in [6, 6.07) is 10.5. The molecule has 1 amide bonds. The molecule has 1 aromatic carbocycles. The molecule has 8 heteroatoms. The number of amides is 1. The topological polar surface area (TPSA) is 72.4 Å². The first-order valence-electron chi connectivity index (χ1n) is 9.69. The smallest absolute Gasteiger partial charge is 0.414 e. The molecule has 31 heavy (non-hydrogen) atoms. The van der Waals surface area contributed by atoms with Gasteiger partial charge in [-0.05, 0) is 49.2 Å². The molecule has 0 aliphatic heterocycles. The Bertz CT molecular complexity index is 1070. The maximum atomic E-state index is 14.5. The van der Waals surface area contributed by atoms with Crippen LogP contribution in [-0.4, -0.2) is 35.5 Å². The van der Waals surface area contributed by atoms with Gasteiger partial charge in [-0.15, -0.1) is 0 Å². The molecule has 6 nitrogen and oxygen atoms in total. The quantitative estimate of drug-likeness (QED) is 0.401. The number of carbonyl (C=O) groups excluding carboxylic acids is 2. The number of rotatable bonds is 7. The summed E-state index contributed by atoms with van der Waals surface area (Å²) in [4.78, 5) is 33.1. The summed E-state index contributed by atoms with van der Waals surface area (Å²) < 4.78 is 32.2. The van der Waals surface area contributed by atoms with Crippen LogP contribution in [-0.2, 0) is 11.2 Å². The molecule has 0 spiro atoms. The summed E-state index contributed by atoms with van der Waals surface area (Å²) in [6.45, 7) is 1.87. The molecule has 2 aromatic heterocycles. The molecular weight excluding hydrogens is 404 g/mol. The van der Waals surface area contributed by atoms with Crippen molar-refractivity contribution in [1.29, 1.82) is 0 Å². The highest BCUT2D eigenvalue weighted by Crippen LogP contribution is 2.25. The number of aromatic nitrogens is 2. The summed E-state index contributed by atoms with van der Waals surface area (Å²) in [5.74, 6) is -1.27. The molecule has 0 atom stereocenters. The van der Waals surface area contributed by atoms with Crippen LogP contribution >= 0.6 is 0 Å². The zero-order valence-electron chi connectivity index (χ0n) is 17.1. The van der Waals surface area contributed by atoms with Crippen molar-refractivity contribution in [2.24, 2.45) is 0 Å². The first-order chi connectivity index (χ1) is 14.9. The molecule has 0 unspecified atom stereocenters. The highest BCUT2D eigenvalue weighted by Gasteiger charge is 2.17. The van der Waals surface area contributed by atoms with Gasteiger partial charge in [0.2, 0.25) is 5.95 Å². The fourth-order valence-electron chi connectivity index (χ4n) is 2.94. The minimum absolute atomic E-state index is 0.0873. The summed E-state index contributed by atoms with van der Waals surface area (Å²) in [6.07, 6.45) is 2.87. The zero-order valence-corrected chi connectivity index (χ0v) is 17.1. The first kappa shape index (κ1) is 22.0. The number of pyridine rings is 2. The van der Waals surface area contributed by atoms with Gasteiger partial charge in [-0.25, -0.2) is 14.2 Å². The van der Waals surface area contributed by atoms with Crippen LogP contribution in [0.3, 0.4) is 0 Å². The van der Waals surface area contributed by atoms with Crippen molar-refractivity contribution in [1.82, 2.24) is 9.97 Å². The number of benzene rings is 1. The van der Waals surface area contributed by atoms with Gasteiger partial charge in [-0.3, -0.25) is 14.7 Å². The number of hydrogen-bond donors (Lipinski definition) is 0. The third-order valence-electron chi connectivity index (χ3n) is 4.66. The monoisotopic (exact) mass is 425 g/mol. The second-order valence-corrected chi connectivity index (χ2v) is 6.77. The summed E-state index contributed by atoms with van der Waals surface area (Å²) in [5, 5.41) is 0. The minimum atomic E-state index is -0.647. The Balaban J connectivity index is 1.67. The van der Waals surface area contributed by atoms with Crippen LogP contribution in [0.15, 0.2) is 54.9 Å². The highest BCUT2D eigenvalue weighted by atomic mass is 19.1. The van der Waals surface area contributed by atoms with Crippen molar-refractivity contribution < 1.29 is 23.1 Å². The Kier molecular flexibility index (Phi) is 7.02. The van der Waals surface area contributed by atoms with Gasteiger partial charge in [-0.2, -0.15) is 4.39 Å². The van der Waals surface area contributed by atoms with Gasteiger partial charge in [0.05, 0.1) is 18.0 Å². The number of carbonyl (C=O) groups is 2. The lowest BCUT2D eigenvalue weighted by molar-refractivity contribution is 0.0982. The second kappa shape index (κ2) is 9.88. The fraction of sp³-hybridized carbons (Fsp3) is 0.217. The Labute approximate surface area is 178 Å². The lowest BCUT2D eigenvalue weighted by Gasteiger charge is -2.17. The summed E-state index contributed by atoms with van der Waals surface area (Å²) in [7, 11) is 1.43. The Hall–Kier alpha value is -3.68. The van der Waals surface area contributed by atoms with Gasteiger partial charge in [0.15, 0.2) is 5.78 Å². The van der Waals surface area contributed by atoms with Gasteiger partial charge in [0.25, 0.3) is 0 Å². The molecule has 0 aliphatic rings. The predicted molar refractivity (Wildman–Crippen MR) is 112 cm³/mol. The molecule has 3 aromatic rings. The molecular formula is C23H21F2N3O3. The van der Waals surface area contributed by atoms with E-state index in [1.165, 1.54) is 37.6 Å². The molecule has 2 heterocycles. The number of ketones is 1. The van der Waals surface area contributed by atoms with Crippen molar-refractivity contribution in [3.8, 4) is 11.3 Å². The van der Waals surface area contributed by atoms with Gasteiger partial charge in [0, 0.05) is 37.0 Å². The zero-order chi connectivity index (χ0) is 22.4. The van der Waals surface area contributed by atoms with Gasteiger partial charge in [0.1, 0.15) is 5.82 Å². The van der Waals surface area contributed by atoms with E-state index < -0.39 is 17.9 Å². The largest absolute Gasteiger partial charge is 0.449 e. The number of halogens is 2. The van der Waals surface area contributed by atoms with E-state index in [0.29, 0.717) is 23.2 Å². The minimum Gasteiger partial charge on any atom is -0.449 e. The van der Waals surface area contributed by atoms with Crippen molar-refractivity contribution in [2.75, 3.05) is 18.6 Å². The van der Waals surface area contributed by atoms with Crippen molar-refractivity contribution >= 4 is 17.6 Å². The van der Waals surface area contributed by atoms with Crippen molar-refractivity contribution in [3.63, 3.8) is 0 Å². The Morgan fingerprint density at radius 1 is 1.03 bits per heavy atom. The molecule has 0 aliphatic carbocycles. The molecule has 0 N–H and O–H groups in total. The SMILES string of the molecule is CCOC(=O)N(C)c1ccc(-c2ccc(C(=O)CCc3ccc(F)nc3)cn2)cc1F. The van der Waals surface area contributed by atoms with Crippen LogP contribution in [0.5, 0.6) is 0 Å². The lowest BCUT2D eigenvalue weighted by atomic mass is 10.0. The van der Waals surface area contributed by atoms with Gasteiger partial charge < -0.3 is 4.74 Å². The fourth-order valence-corrected chi connectivity index (χ4v) is 2.94. The normalized spacial score (nSPS) is 10.6. The molecule has 160 valence electrons. The van der Waals surface area contributed by atoms with Crippen molar-refractivity contribution in [3.05, 3.63) is 77.8 Å². The van der Waals surface area contributed by atoms with Gasteiger partial charge in [-0.1, -0.05) is 12.1 Å². The molecule has 0 radical (unpaired) electrons.